The van der Waals surface area contributed by atoms with Gasteiger partial charge in [0.2, 0.25) is 17.7 Å². The molecule has 0 saturated heterocycles. The summed E-state index contributed by atoms with van der Waals surface area (Å²) in [5, 5.41) is 11.6. The minimum atomic E-state index is -0.973. The number of rotatable bonds is 9. The summed E-state index contributed by atoms with van der Waals surface area (Å²) in [6, 6.07) is 11.4. The molecule has 0 aliphatic carbocycles. The third-order valence-electron chi connectivity index (χ3n) is 4.95. The van der Waals surface area contributed by atoms with E-state index >= 15 is 0 Å². The highest BCUT2D eigenvalue weighted by Gasteiger charge is 2.34. The Labute approximate surface area is 213 Å². The van der Waals surface area contributed by atoms with Gasteiger partial charge in [0.1, 0.15) is 11.8 Å². The number of hydrogen-bond donors (Lipinski definition) is 2. The van der Waals surface area contributed by atoms with Crippen molar-refractivity contribution in [1.29, 1.82) is 0 Å². The first-order valence-corrected chi connectivity index (χ1v) is 12.4. The van der Waals surface area contributed by atoms with Crippen LogP contribution in [0.25, 0.3) is 0 Å². The first-order valence-electron chi connectivity index (χ1n) is 11.1. The Morgan fingerprint density at radius 1 is 1.14 bits per heavy atom. The topological polar surface area (TPSA) is 105 Å². The third kappa shape index (κ3) is 7.66. The molecule has 3 rings (SSSR count). The lowest BCUT2D eigenvalue weighted by atomic mass is 10.0. The Bertz CT molecular complexity index is 1170. The summed E-state index contributed by atoms with van der Waals surface area (Å²) in [5.74, 6) is -0.229. The Kier molecular flexibility index (Phi) is 8.69. The van der Waals surface area contributed by atoms with Crippen molar-refractivity contribution in [2.75, 3.05) is 5.32 Å². The second-order valence-electron chi connectivity index (χ2n) is 9.14. The van der Waals surface area contributed by atoms with Gasteiger partial charge in [0.25, 0.3) is 0 Å². The summed E-state index contributed by atoms with van der Waals surface area (Å²) in [7, 11) is 0. The van der Waals surface area contributed by atoms with Crippen LogP contribution >= 0.6 is 22.9 Å². The van der Waals surface area contributed by atoms with Gasteiger partial charge >= 0.3 is 0 Å². The van der Waals surface area contributed by atoms with Gasteiger partial charge in [-0.3, -0.25) is 14.4 Å². The van der Waals surface area contributed by atoms with Crippen LogP contribution in [0.4, 0.5) is 5.82 Å². The smallest absolute Gasteiger partial charge is 0.247 e. The first kappa shape index (κ1) is 26.4. The molecule has 0 fully saturated rings. The molecule has 35 heavy (non-hydrogen) atoms. The van der Waals surface area contributed by atoms with Gasteiger partial charge in [0.15, 0.2) is 5.82 Å². The Morgan fingerprint density at radius 3 is 2.49 bits per heavy atom. The summed E-state index contributed by atoms with van der Waals surface area (Å²) in [4.78, 5) is 41.8. The highest BCUT2D eigenvalue weighted by atomic mass is 35.5. The fraction of sp³-hybridized carbons (Fsp3) is 0.360. The molecule has 2 heterocycles. The van der Waals surface area contributed by atoms with Crippen molar-refractivity contribution in [3.8, 4) is 0 Å². The maximum atomic E-state index is 13.5. The fourth-order valence-electron chi connectivity index (χ4n) is 3.47. The number of benzene rings is 1. The van der Waals surface area contributed by atoms with Crippen LogP contribution in [-0.2, 0) is 20.9 Å². The van der Waals surface area contributed by atoms with E-state index in [1.54, 1.807) is 37.3 Å². The fourth-order valence-corrected chi connectivity index (χ4v) is 4.42. The maximum absolute atomic E-state index is 13.5. The number of anilines is 1. The zero-order valence-corrected chi connectivity index (χ0v) is 21.7. The predicted molar refractivity (Wildman–Crippen MR) is 136 cm³/mol. The minimum Gasteiger partial charge on any atom is -0.360 e. The van der Waals surface area contributed by atoms with Gasteiger partial charge in [-0.1, -0.05) is 41.0 Å². The second kappa shape index (κ2) is 11.5. The molecule has 2 aromatic heterocycles. The van der Waals surface area contributed by atoms with Crippen molar-refractivity contribution in [1.82, 2.24) is 15.4 Å². The molecule has 3 aromatic rings. The van der Waals surface area contributed by atoms with Crippen LogP contribution in [0, 0.1) is 6.92 Å². The highest BCUT2D eigenvalue weighted by Crippen LogP contribution is 2.31. The number of halogens is 1. The largest absolute Gasteiger partial charge is 0.360 e. The molecule has 186 valence electrons. The lowest BCUT2D eigenvalue weighted by molar-refractivity contribution is -0.142. The van der Waals surface area contributed by atoms with Crippen LogP contribution in [0.15, 0.2) is 52.4 Å². The van der Waals surface area contributed by atoms with E-state index in [-0.39, 0.29) is 42.9 Å². The molecule has 0 saturated carbocycles. The number of nitrogens with zero attached hydrogens (tertiary/aromatic N) is 2. The number of aromatic nitrogens is 1. The average molecular weight is 517 g/mol. The quantitative estimate of drug-likeness (QED) is 0.411. The van der Waals surface area contributed by atoms with Crippen LogP contribution < -0.4 is 10.6 Å². The lowest BCUT2D eigenvalue weighted by Gasteiger charge is -2.34. The molecule has 3 amide bonds. The van der Waals surface area contributed by atoms with E-state index in [0.29, 0.717) is 16.3 Å². The monoisotopic (exact) mass is 516 g/mol. The van der Waals surface area contributed by atoms with E-state index in [1.165, 1.54) is 16.2 Å². The number of hydrogen-bond acceptors (Lipinski definition) is 6. The SMILES string of the molecule is Cc1cc(NC(=O)CCC(=O)N(Cc2cccs2)C(C(=O)NC(C)(C)C)c2ccccc2Cl)no1. The standard InChI is InChI=1S/C25H29ClN4O4S/c1-16-14-20(29-34-16)27-21(31)11-12-22(32)30(15-17-8-7-13-35-17)23(24(33)28-25(2,3)4)18-9-5-6-10-19(18)26/h5-10,13-14,23H,11-12,15H2,1-4H3,(H,28,33)(H,27,29,31). The molecular weight excluding hydrogens is 488 g/mol. The Hall–Kier alpha value is -3.17. The number of thiophene rings is 1. The number of aryl methyl sites for hydroxylation is 1. The minimum absolute atomic E-state index is 0.0815. The Morgan fingerprint density at radius 2 is 1.89 bits per heavy atom. The van der Waals surface area contributed by atoms with Gasteiger partial charge in [-0.25, -0.2) is 0 Å². The van der Waals surface area contributed by atoms with E-state index in [4.69, 9.17) is 16.1 Å². The van der Waals surface area contributed by atoms with Crippen molar-refractivity contribution in [2.45, 2.75) is 58.7 Å². The van der Waals surface area contributed by atoms with Gasteiger partial charge in [-0.15, -0.1) is 11.3 Å². The third-order valence-corrected chi connectivity index (χ3v) is 6.15. The van der Waals surface area contributed by atoms with Gasteiger partial charge in [-0.2, -0.15) is 0 Å². The van der Waals surface area contributed by atoms with Crippen molar-refractivity contribution in [3.05, 3.63) is 69.1 Å². The van der Waals surface area contributed by atoms with E-state index in [2.05, 4.69) is 15.8 Å². The molecule has 1 aromatic carbocycles. The van der Waals surface area contributed by atoms with Crippen LogP contribution in [-0.4, -0.2) is 33.3 Å². The Balaban J connectivity index is 1.87. The number of carbonyl (C=O) groups is 3. The molecule has 0 bridgehead atoms. The van der Waals surface area contributed by atoms with Crippen LogP contribution in [0.2, 0.25) is 5.02 Å². The van der Waals surface area contributed by atoms with Crippen LogP contribution in [0.5, 0.6) is 0 Å². The van der Waals surface area contributed by atoms with Gasteiger partial charge in [0.05, 0.1) is 6.54 Å². The molecular formula is C25H29ClN4O4S. The summed E-state index contributed by atoms with van der Waals surface area (Å²) < 4.78 is 4.95. The molecule has 10 heteroatoms. The predicted octanol–water partition coefficient (Wildman–Crippen LogP) is 5.10. The zero-order valence-electron chi connectivity index (χ0n) is 20.1. The molecule has 0 spiro atoms. The van der Waals surface area contributed by atoms with Crippen molar-refractivity contribution in [3.63, 3.8) is 0 Å². The molecule has 0 aliphatic heterocycles. The second-order valence-corrected chi connectivity index (χ2v) is 10.6. The van der Waals surface area contributed by atoms with Gasteiger partial charge < -0.3 is 20.1 Å². The maximum Gasteiger partial charge on any atom is 0.247 e. The summed E-state index contributed by atoms with van der Waals surface area (Å²) in [6.07, 6.45) is -0.181. The van der Waals surface area contributed by atoms with Crippen LogP contribution in [0.3, 0.4) is 0 Å². The number of amides is 3. The van der Waals surface area contributed by atoms with E-state index in [1.807, 2.05) is 38.3 Å². The number of nitrogens with one attached hydrogen (secondary N) is 2. The van der Waals surface area contributed by atoms with E-state index in [9.17, 15) is 14.4 Å². The van der Waals surface area contributed by atoms with E-state index < -0.39 is 11.6 Å². The molecule has 0 aliphatic rings. The van der Waals surface area contributed by atoms with Crippen molar-refractivity contribution in [2.24, 2.45) is 0 Å². The molecule has 8 nitrogen and oxygen atoms in total. The summed E-state index contributed by atoms with van der Waals surface area (Å²) in [5.41, 5.74) is -0.00697. The molecule has 2 N–H and O–H groups in total. The van der Waals surface area contributed by atoms with Gasteiger partial charge in [0, 0.05) is 39.9 Å². The highest BCUT2D eigenvalue weighted by molar-refractivity contribution is 7.09. The van der Waals surface area contributed by atoms with E-state index in [0.717, 1.165) is 4.88 Å². The van der Waals surface area contributed by atoms with Crippen molar-refractivity contribution < 1.29 is 18.9 Å². The zero-order chi connectivity index (χ0) is 25.6. The summed E-state index contributed by atoms with van der Waals surface area (Å²) in [6.45, 7) is 7.53. The number of carbonyl (C=O) groups excluding carboxylic acids is 3. The first-order chi connectivity index (χ1) is 16.5. The molecule has 1 atom stereocenters. The van der Waals surface area contributed by atoms with Crippen LogP contribution in [0.1, 0.15) is 55.9 Å². The normalized spacial score (nSPS) is 12.1. The molecule has 1 unspecified atom stereocenters. The van der Waals surface area contributed by atoms with Gasteiger partial charge in [-0.05, 0) is 45.2 Å². The van der Waals surface area contributed by atoms with Crippen molar-refractivity contribution >= 4 is 46.5 Å². The molecule has 0 radical (unpaired) electrons. The average Bonchev–Trinajstić information content (AvgIpc) is 3.43. The summed E-state index contributed by atoms with van der Waals surface area (Å²) >= 11 is 7.97. The lowest BCUT2D eigenvalue weighted by Crippen LogP contribution is -2.49.